The second kappa shape index (κ2) is 4.01. The highest BCUT2D eigenvalue weighted by Crippen LogP contribution is 2.17. The summed E-state index contributed by atoms with van der Waals surface area (Å²) in [5.41, 5.74) is 0. The van der Waals surface area contributed by atoms with Crippen molar-refractivity contribution in [3.63, 3.8) is 0 Å². The van der Waals surface area contributed by atoms with Gasteiger partial charge in [-0.05, 0) is 17.7 Å². The van der Waals surface area contributed by atoms with E-state index in [0.717, 1.165) is 25.5 Å². The third-order valence-electron chi connectivity index (χ3n) is 1.92. The van der Waals surface area contributed by atoms with Gasteiger partial charge in [0.1, 0.15) is 0 Å². The highest BCUT2D eigenvalue weighted by atomic mass is 28.3. The molecule has 0 amide bonds. The van der Waals surface area contributed by atoms with Crippen LogP contribution in [0.25, 0.3) is 0 Å². The van der Waals surface area contributed by atoms with Crippen molar-refractivity contribution >= 4 is 9.04 Å². The minimum atomic E-state index is -1.47. The van der Waals surface area contributed by atoms with Crippen LogP contribution in [0.2, 0.25) is 6.04 Å². The third kappa shape index (κ3) is 2.41. The molecule has 4 heteroatoms. The summed E-state index contributed by atoms with van der Waals surface area (Å²) >= 11 is 0. The van der Waals surface area contributed by atoms with Crippen LogP contribution >= 0.6 is 0 Å². The van der Waals surface area contributed by atoms with Crippen LogP contribution in [0.4, 0.5) is 0 Å². The molecule has 0 aliphatic carbocycles. The Morgan fingerprint density at radius 1 is 1.45 bits per heavy atom. The highest BCUT2D eigenvalue weighted by Gasteiger charge is 2.22. The monoisotopic (exact) mass is 174 g/mol. The van der Waals surface area contributed by atoms with Crippen LogP contribution in [0.15, 0.2) is 11.8 Å². The lowest BCUT2D eigenvalue weighted by atomic mass is 10.4. The van der Waals surface area contributed by atoms with Crippen molar-refractivity contribution in [1.29, 1.82) is 0 Å². The normalized spacial score (nSPS) is 25.5. The van der Waals surface area contributed by atoms with Gasteiger partial charge in [-0.25, -0.2) is 0 Å². The van der Waals surface area contributed by atoms with Crippen molar-refractivity contribution in [1.82, 2.24) is 0 Å². The highest BCUT2D eigenvalue weighted by molar-refractivity contribution is 6.60. The van der Waals surface area contributed by atoms with E-state index in [2.05, 4.69) is 6.58 Å². The SMILES string of the molecule is C=C(C(O)O)[SiH]1CCCCO1. The van der Waals surface area contributed by atoms with Gasteiger partial charge >= 0.3 is 0 Å². The van der Waals surface area contributed by atoms with Crippen LogP contribution in [-0.2, 0) is 4.43 Å². The molecule has 11 heavy (non-hydrogen) atoms. The number of rotatable bonds is 2. The fourth-order valence-corrected chi connectivity index (χ4v) is 3.39. The van der Waals surface area contributed by atoms with Gasteiger partial charge in [0, 0.05) is 6.61 Å². The Morgan fingerprint density at radius 3 is 2.64 bits per heavy atom. The lowest BCUT2D eigenvalue weighted by molar-refractivity contribution is -0.00378. The zero-order valence-electron chi connectivity index (χ0n) is 6.49. The molecule has 1 rings (SSSR count). The van der Waals surface area contributed by atoms with E-state index in [1.165, 1.54) is 0 Å². The number of hydrogen-bond acceptors (Lipinski definition) is 3. The van der Waals surface area contributed by atoms with Crippen LogP contribution in [0.1, 0.15) is 12.8 Å². The van der Waals surface area contributed by atoms with Gasteiger partial charge in [-0.3, -0.25) is 0 Å². The maximum absolute atomic E-state index is 8.78. The molecule has 1 aliphatic heterocycles. The lowest BCUT2D eigenvalue weighted by Crippen LogP contribution is -2.31. The Morgan fingerprint density at radius 2 is 2.18 bits per heavy atom. The van der Waals surface area contributed by atoms with Gasteiger partial charge < -0.3 is 14.6 Å². The molecule has 0 spiro atoms. The fourth-order valence-electron chi connectivity index (χ4n) is 1.20. The fraction of sp³-hybridized carbons (Fsp3) is 0.714. The number of aliphatic hydroxyl groups is 2. The summed E-state index contributed by atoms with van der Waals surface area (Å²) in [5.74, 6) is 0. The molecule has 1 saturated heterocycles. The van der Waals surface area contributed by atoms with Crippen LogP contribution in [0.5, 0.6) is 0 Å². The van der Waals surface area contributed by atoms with Gasteiger partial charge in [0.05, 0.1) is 0 Å². The molecule has 0 aromatic carbocycles. The van der Waals surface area contributed by atoms with Crippen LogP contribution < -0.4 is 0 Å². The molecule has 64 valence electrons. The van der Waals surface area contributed by atoms with E-state index in [1.807, 2.05) is 0 Å². The van der Waals surface area contributed by atoms with Gasteiger partial charge in [0.2, 0.25) is 9.04 Å². The standard InChI is InChI=1S/C7H14O3Si/c1-6(7(8)9)11-5-3-2-4-10-11/h7-9,11H,1-5H2. The number of aliphatic hydroxyl groups excluding tert-OH is 1. The smallest absolute Gasteiger partial charge is 0.208 e. The van der Waals surface area contributed by atoms with E-state index >= 15 is 0 Å². The second-order valence-electron chi connectivity index (χ2n) is 2.80. The van der Waals surface area contributed by atoms with E-state index in [4.69, 9.17) is 14.6 Å². The van der Waals surface area contributed by atoms with E-state index in [-0.39, 0.29) is 0 Å². The topological polar surface area (TPSA) is 49.7 Å². The molecule has 0 aromatic heterocycles. The summed E-state index contributed by atoms with van der Waals surface area (Å²) in [7, 11) is -1.47. The second-order valence-corrected chi connectivity index (χ2v) is 5.43. The molecule has 1 unspecified atom stereocenters. The third-order valence-corrected chi connectivity index (χ3v) is 4.62. The minimum Gasteiger partial charge on any atom is -0.416 e. The van der Waals surface area contributed by atoms with E-state index < -0.39 is 15.3 Å². The Bertz CT molecular complexity index is 141. The first-order valence-electron chi connectivity index (χ1n) is 3.88. The average molecular weight is 174 g/mol. The van der Waals surface area contributed by atoms with Crippen molar-refractivity contribution in [3.8, 4) is 0 Å². The van der Waals surface area contributed by atoms with Gasteiger partial charge in [0.15, 0.2) is 6.29 Å². The molecule has 1 atom stereocenters. The average Bonchev–Trinajstić information content (AvgIpc) is 2.05. The van der Waals surface area contributed by atoms with Crippen LogP contribution in [0, 0.1) is 0 Å². The molecule has 0 saturated carbocycles. The van der Waals surface area contributed by atoms with E-state index in [1.54, 1.807) is 0 Å². The Hall–Kier alpha value is -0.163. The van der Waals surface area contributed by atoms with E-state index in [0.29, 0.717) is 5.20 Å². The lowest BCUT2D eigenvalue weighted by Gasteiger charge is -2.23. The molecule has 0 bridgehead atoms. The summed E-state index contributed by atoms with van der Waals surface area (Å²) in [5, 5.41) is 18.1. The molecule has 2 N–H and O–H groups in total. The first-order valence-corrected chi connectivity index (χ1v) is 5.75. The van der Waals surface area contributed by atoms with Crippen LogP contribution in [0.3, 0.4) is 0 Å². The quantitative estimate of drug-likeness (QED) is 0.455. The molecule has 0 aromatic rings. The van der Waals surface area contributed by atoms with Crippen molar-refractivity contribution in [2.45, 2.75) is 25.2 Å². The first kappa shape index (κ1) is 8.93. The summed E-state index contributed by atoms with van der Waals surface area (Å²) in [6, 6.07) is 0.996. The van der Waals surface area contributed by atoms with Crippen molar-refractivity contribution in [3.05, 3.63) is 11.8 Å². The summed E-state index contributed by atoms with van der Waals surface area (Å²) < 4.78 is 5.42. The molecule has 0 radical (unpaired) electrons. The van der Waals surface area contributed by atoms with E-state index in [9.17, 15) is 0 Å². The van der Waals surface area contributed by atoms with Gasteiger partial charge in [-0.2, -0.15) is 0 Å². The Kier molecular flexibility index (Phi) is 3.26. The van der Waals surface area contributed by atoms with Gasteiger partial charge in [-0.15, -0.1) is 0 Å². The summed E-state index contributed by atoms with van der Waals surface area (Å²) in [6.45, 7) is 4.38. The predicted molar refractivity (Wildman–Crippen MR) is 44.5 cm³/mol. The van der Waals surface area contributed by atoms with Crippen molar-refractivity contribution < 1.29 is 14.6 Å². The minimum absolute atomic E-state index is 0.518. The van der Waals surface area contributed by atoms with Crippen molar-refractivity contribution in [2.24, 2.45) is 0 Å². The maximum Gasteiger partial charge on any atom is 0.208 e. The predicted octanol–water partition coefficient (Wildman–Crippen LogP) is -0.0733. The molecular formula is C7H14O3Si. The Labute approximate surface area is 68.0 Å². The molecule has 1 heterocycles. The zero-order valence-corrected chi connectivity index (χ0v) is 7.65. The molecule has 1 fully saturated rings. The van der Waals surface area contributed by atoms with Gasteiger partial charge in [0.25, 0.3) is 0 Å². The Balaban J connectivity index is 2.39. The van der Waals surface area contributed by atoms with Crippen molar-refractivity contribution in [2.75, 3.05) is 6.61 Å². The molecule has 1 aliphatic rings. The maximum atomic E-state index is 8.78. The first-order chi connectivity index (χ1) is 5.22. The van der Waals surface area contributed by atoms with Gasteiger partial charge in [-0.1, -0.05) is 13.0 Å². The summed E-state index contributed by atoms with van der Waals surface area (Å²) in [4.78, 5) is 0. The number of hydrogen-bond donors (Lipinski definition) is 2. The molecular weight excluding hydrogens is 160 g/mol. The summed E-state index contributed by atoms with van der Waals surface area (Å²) in [6.07, 6.45) is 0.866. The largest absolute Gasteiger partial charge is 0.416 e. The zero-order chi connectivity index (χ0) is 8.27. The molecule has 3 nitrogen and oxygen atoms in total. The van der Waals surface area contributed by atoms with Crippen LogP contribution in [-0.4, -0.2) is 32.2 Å².